The molecule has 2 N–H and O–H groups in total. The van der Waals surface area contributed by atoms with Crippen LogP contribution < -0.4 is 5.73 Å². The predicted molar refractivity (Wildman–Crippen MR) is 93.2 cm³/mol. The molecule has 0 bridgehead atoms. The van der Waals surface area contributed by atoms with E-state index >= 15 is 0 Å². The molecule has 1 aliphatic heterocycles. The maximum absolute atomic E-state index is 12.8. The van der Waals surface area contributed by atoms with Crippen molar-refractivity contribution < 1.29 is 9.53 Å². The van der Waals surface area contributed by atoms with Gasteiger partial charge in [-0.15, -0.1) is 0 Å². The molecule has 7 nitrogen and oxygen atoms in total. The molecule has 0 aromatic carbocycles. The summed E-state index contributed by atoms with van der Waals surface area (Å²) in [5, 5.41) is 0. The Morgan fingerprint density at radius 3 is 2.96 bits per heavy atom. The molecule has 0 aliphatic carbocycles. The Labute approximate surface area is 145 Å². The van der Waals surface area contributed by atoms with Gasteiger partial charge in [-0.2, -0.15) is 0 Å². The minimum Gasteiger partial charge on any atom is -0.384 e. The Kier molecular flexibility index (Phi) is 3.85. The van der Waals surface area contributed by atoms with Gasteiger partial charge in [0.1, 0.15) is 23.3 Å². The van der Waals surface area contributed by atoms with Crippen LogP contribution in [0.2, 0.25) is 0 Å². The second-order valence-electron chi connectivity index (χ2n) is 6.20. The summed E-state index contributed by atoms with van der Waals surface area (Å²) in [5.74, 6) is 0.346. The fourth-order valence-corrected chi connectivity index (χ4v) is 3.03. The van der Waals surface area contributed by atoms with Crippen LogP contribution in [0.5, 0.6) is 0 Å². The number of ether oxygens (including phenoxy) is 1. The Bertz CT molecular complexity index is 936. The Hall–Kier alpha value is -2.93. The van der Waals surface area contributed by atoms with Crippen LogP contribution in [-0.2, 0) is 4.74 Å². The molecule has 1 saturated heterocycles. The average Bonchev–Trinajstić information content (AvgIpc) is 3.04. The fourth-order valence-electron chi connectivity index (χ4n) is 3.03. The maximum Gasteiger partial charge on any atom is 0.274 e. The highest BCUT2D eigenvalue weighted by atomic mass is 16.5. The molecule has 1 fully saturated rings. The zero-order chi connectivity index (χ0) is 17.4. The number of pyridine rings is 2. The molecule has 128 valence electrons. The minimum absolute atomic E-state index is 0.0986. The number of rotatable bonds is 2. The number of imidazole rings is 1. The number of nitrogens with two attached hydrogens (primary N) is 1. The Morgan fingerprint density at radius 2 is 2.12 bits per heavy atom. The number of hydrogen-bond acceptors (Lipinski definition) is 5. The molecule has 3 aromatic rings. The Balaban J connectivity index is 1.56. The average molecular weight is 337 g/mol. The van der Waals surface area contributed by atoms with Gasteiger partial charge in [0.2, 0.25) is 0 Å². The number of fused-ring (bicyclic) bond motifs is 1. The van der Waals surface area contributed by atoms with Crippen molar-refractivity contribution >= 4 is 17.4 Å². The van der Waals surface area contributed by atoms with E-state index in [0.717, 1.165) is 16.9 Å². The van der Waals surface area contributed by atoms with Gasteiger partial charge >= 0.3 is 0 Å². The van der Waals surface area contributed by atoms with E-state index < -0.39 is 0 Å². The molecule has 4 rings (SSSR count). The first-order valence-electron chi connectivity index (χ1n) is 8.19. The normalized spacial score (nSPS) is 17.8. The van der Waals surface area contributed by atoms with Crippen LogP contribution in [0.15, 0.2) is 42.7 Å². The highest BCUT2D eigenvalue weighted by molar-refractivity contribution is 5.93. The molecule has 25 heavy (non-hydrogen) atoms. The highest BCUT2D eigenvalue weighted by Gasteiger charge is 2.28. The van der Waals surface area contributed by atoms with Crippen molar-refractivity contribution in [3.05, 3.63) is 59.7 Å². The van der Waals surface area contributed by atoms with Gasteiger partial charge in [-0.3, -0.25) is 4.79 Å². The van der Waals surface area contributed by atoms with E-state index in [1.807, 2.05) is 41.8 Å². The molecule has 1 amide bonds. The lowest BCUT2D eigenvalue weighted by molar-refractivity contribution is -0.0248. The van der Waals surface area contributed by atoms with Crippen molar-refractivity contribution in [2.24, 2.45) is 0 Å². The quantitative estimate of drug-likeness (QED) is 0.771. The third-order valence-corrected chi connectivity index (χ3v) is 4.29. The van der Waals surface area contributed by atoms with Crippen molar-refractivity contribution in [1.82, 2.24) is 19.3 Å². The fraction of sp³-hybridized carbons (Fsp3) is 0.278. The molecule has 7 heteroatoms. The molecular formula is C18H19N5O2. The topological polar surface area (TPSA) is 85.8 Å². The largest absolute Gasteiger partial charge is 0.384 e. The third-order valence-electron chi connectivity index (χ3n) is 4.29. The van der Waals surface area contributed by atoms with Gasteiger partial charge in [-0.25, -0.2) is 9.97 Å². The first kappa shape index (κ1) is 15.6. The standard InChI is InChI=1S/C18H19N5O2/c1-12-5-6-17-21-14(10-23(17)9-12)18(24)22-7-8-25-15(11-22)13-3-2-4-16(19)20-13/h2-6,9-10,15H,7-8,11H2,1H3,(H2,19,20)/t15-/m0/s1. The third kappa shape index (κ3) is 3.06. The summed E-state index contributed by atoms with van der Waals surface area (Å²) in [6, 6.07) is 9.32. The summed E-state index contributed by atoms with van der Waals surface area (Å²) in [6.07, 6.45) is 3.45. The molecule has 1 aliphatic rings. The maximum atomic E-state index is 12.8. The molecule has 3 aromatic heterocycles. The molecule has 1 atom stereocenters. The van der Waals surface area contributed by atoms with Crippen LogP contribution >= 0.6 is 0 Å². The van der Waals surface area contributed by atoms with Gasteiger partial charge in [-0.05, 0) is 30.7 Å². The van der Waals surface area contributed by atoms with Crippen molar-refractivity contribution in [3.63, 3.8) is 0 Å². The van der Waals surface area contributed by atoms with E-state index in [1.54, 1.807) is 17.2 Å². The zero-order valence-corrected chi connectivity index (χ0v) is 13.9. The molecule has 0 saturated carbocycles. The minimum atomic E-state index is -0.277. The van der Waals surface area contributed by atoms with Crippen molar-refractivity contribution in [2.75, 3.05) is 25.4 Å². The number of morpholine rings is 1. The lowest BCUT2D eigenvalue weighted by Crippen LogP contribution is -2.42. The van der Waals surface area contributed by atoms with Gasteiger partial charge in [-0.1, -0.05) is 12.1 Å². The summed E-state index contributed by atoms with van der Waals surface area (Å²) in [7, 11) is 0. The van der Waals surface area contributed by atoms with Gasteiger partial charge in [0, 0.05) is 18.9 Å². The number of amides is 1. The van der Waals surface area contributed by atoms with Crippen LogP contribution in [0.25, 0.3) is 5.65 Å². The summed E-state index contributed by atoms with van der Waals surface area (Å²) >= 11 is 0. The molecule has 0 spiro atoms. The summed E-state index contributed by atoms with van der Waals surface area (Å²) in [6.45, 7) is 3.43. The van der Waals surface area contributed by atoms with Crippen LogP contribution in [0.3, 0.4) is 0 Å². The second-order valence-corrected chi connectivity index (χ2v) is 6.20. The zero-order valence-electron chi connectivity index (χ0n) is 13.9. The number of carbonyl (C=O) groups excluding carboxylic acids is 1. The lowest BCUT2D eigenvalue weighted by Gasteiger charge is -2.32. The monoisotopic (exact) mass is 337 g/mol. The number of nitrogens with zero attached hydrogens (tertiary/aromatic N) is 4. The number of carbonyl (C=O) groups is 1. The van der Waals surface area contributed by atoms with Crippen molar-refractivity contribution in [3.8, 4) is 0 Å². The number of hydrogen-bond donors (Lipinski definition) is 1. The van der Waals surface area contributed by atoms with E-state index in [0.29, 0.717) is 31.2 Å². The van der Waals surface area contributed by atoms with E-state index in [9.17, 15) is 4.79 Å². The SMILES string of the molecule is Cc1ccc2nc(C(=O)N3CCO[C@H](c4cccc(N)n4)C3)cn2c1. The number of aromatic nitrogens is 3. The van der Waals surface area contributed by atoms with E-state index in [2.05, 4.69) is 9.97 Å². The first-order valence-corrected chi connectivity index (χ1v) is 8.19. The van der Waals surface area contributed by atoms with Crippen molar-refractivity contribution in [1.29, 1.82) is 0 Å². The van der Waals surface area contributed by atoms with Crippen molar-refractivity contribution in [2.45, 2.75) is 13.0 Å². The number of nitrogen functional groups attached to an aromatic ring is 1. The van der Waals surface area contributed by atoms with Gasteiger partial charge < -0.3 is 19.8 Å². The highest BCUT2D eigenvalue weighted by Crippen LogP contribution is 2.22. The summed E-state index contributed by atoms with van der Waals surface area (Å²) in [4.78, 5) is 23.3. The predicted octanol–water partition coefficient (Wildman–Crippen LogP) is 1.83. The van der Waals surface area contributed by atoms with E-state index in [-0.39, 0.29) is 12.0 Å². The van der Waals surface area contributed by atoms with Crippen LogP contribution in [-0.4, -0.2) is 44.9 Å². The number of aryl methyl sites for hydroxylation is 1. The molecular weight excluding hydrogens is 318 g/mol. The molecule has 0 radical (unpaired) electrons. The lowest BCUT2D eigenvalue weighted by atomic mass is 10.1. The van der Waals surface area contributed by atoms with Crippen LogP contribution in [0, 0.1) is 6.92 Å². The smallest absolute Gasteiger partial charge is 0.274 e. The first-order chi connectivity index (χ1) is 12.1. The van der Waals surface area contributed by atoms with E-state index in [4.69, 9.17) is 10.5 Å². The van der Waals surface area contributed by atoms with Gasteiger partial charge in [0.25, 0.3) is 5.91 Å². The summed E-state index contributed by atoms with van der Waals surface area (Å²) in [5.41, 5.74) is 8.80. The molecule has 4 heterocycles. The van der Waals surface area contributed by atoms with Crippen LogP contribution in [0.1, 0.15) is 27.8 Å². The van der Waals surface area contributed by atoms with E-state index in [1.165, 1.54) is 0 Å². The van der Waals surface area contributed by atoms with Crippen LogP contribution in [0.4, 0.5) is 5.82 Å². The Morgan fingerprint density at radius 1 is 1.24 bits per heavy atom. The molecule has 0 unspecified atom stereocenters. The van der Waals surface area contributed by atoms with Gasteiger partial charge in [0.15, 0.2) is 0 Å². The second kappa shape index (κ2) is 6.18. The summed E-state index contributed by atoms with van der Waals surface area (Å²) < 4.78 is 7.65. The van der Waals surface area contributed by atoms with Gasteiger partial charge in [0.05, 0.1) is 18.8 Å². The number of anilines is 1.